The first kappa shape index (κ1) is 20.5. The maximum absolute atomic E-state index is 8.84. The van der Waals surface area contributed by atoms with Crippen LogP contribution in [0, 0.1) is 0 Å². The highest BCUT2D eigenvalue weighted by Gasteiger charge is 2.33. The summed E-state index contributed by atoms with van der Waals surface area (Å²) in [5, 5.41) is 12.5. The molecule has 2 aromatic carbocycles. The zero-order chi connectivity index (χ0) is 20.5. The fourth-order valence-corrected chi connectivity index (χ4v) is 3.22. The van der Waals surface area contributed by atoms with Gasteiger partial charge < -0.3 is 14.6 Å². The Morgan fingerprint density at radius 3 is 2.76 bits per heavy atom. The predicted molar refractivity (Wildman–Crippen MR) is 112 cm³/mol. The second kappa shape index (κ2) is 10.3. The molecule has 2 aromatic rings. The Hall–Kier alpha value is -3.28. The third-order valence-corrected chi connectivity index (χ3v) is 4.62. The Kier molecular flexibility index (Phi) is 7.28. The number of aliphatic imine (C=N–C) groups is 1. The summed E-state index contributed by atoms with van der Waals surface area (Å²) in [6.45, 7) is 4.69. The lowest BCUT2D eigenvalue weighted by Gasteiger charge is -2.20. The van der Waals surface area contributed by atoms with Gasteiger partial charge in [-0.25, -0.2) is 4.99 Å². The van der Waals surface area contributed by atoms with E-state index in [1.54, 1.807) is 0 Å². The lowest BCUT2D eigenvalue weighted by atomic mass is 9.96. The van der Waals surface area contributed by atoms with Crippen molar-refractivity contribution in [2.75, 3.05) is 13.2 Å². The average Bonchev–Trinajstić information content (AvgIpc) is 3.17. The summed E-state index contributed by atoms with van der Waals surface area (Å²) >= 11 is 0. The summed E-state index contributed by atoms with van der Waals surface area (Å²) in [5.74, 6) is 1.31. The summed E-state index contributed by atoms with van der Waals surface area (Å²) in [4.78, 5) is 7.64. The van der Waals surface area contributed by atoms with Crippen molar-refractivity contribution >= 4 is 5.90 Å². The average molecular weight is 392 g/mol. The number of aliphatic hydroxyl groups is 1. The van der Waals surface area contributed by atoms with Gasteiger partial charge in [-0.3, -0.25) is 0 Å². The van der Waals surface area contributed by atoms with E-state index >= 15 is 0 Å². The highest BCUT2D eigenvalue weighted by atomic mass is 16.5. The van der Waals surface area contributed by atoms with Crippen LogP contribution >= 0.6 is 0 Å². The minimum Gasteiger partial charge on any atom is -0.494 e. The number of ether oxygens (including phenoxy) is 2. The van der Waals surface area contributed by atoms with E-state index < -0.39 is 0 Å². The molecule has 0 unspecified atom stereocenters. The maximum Gasteiger partial charge on any atom is 0.217 e. The topological polar surface area (TPSA) is 99.8 Å². The van der Waals surface area contributed by atoms with E-state index in [0.29, 0.717) is 25.3 Å². The number of azide groups is 1. The first-order chi connectivity index (χ1) is 14.3. The SMILES string of the molecule is C=CC[C@@H]1N=C(c2ccc(OCCCO)cc2)O[C@H]1c1ccccc1CN=[N+]=[N-]. The third-order valence-electron chi connectivity index (χ3n) is 4.62. The van der Waals surface area contributed by atoms with Crippen molar-refractivity contribution < 1.29 is 14.6 Å². The van der Waals surface area contributed by atoms with Gasteiger partial charge in [-0.1, -0.05) is 35.5 Å². The van der Waals surface area contributed by atoms with Crippen LogP contribution in [-0.2, 0) is 11.3 Å². The van der Waals surface area contributed by atoms with Crippen molar-refractivity contribution in [1.82, 2.24) is 0 Å². The lowest BCUT2D eigenvalue weighted by Crippen LogP contribution is -2.15. The molecule has 7 heteroatoms. The summed E-state index contributed by atoms with van der Waals surface area (Å²) in [5.41, 5.74) is 11.4. The minimum atomic E-state index is -0.270. The number of nitrogens with zero attached hydrogens (tertiary/aromatic N) is 4. The minimum absolute atomic E-state index is 0.102. The van der Waals surface area contributed by atoms with Crippen LogP contribution in [-0.4, -0.2) is 30.3 Å². The van der Waals surface area contributed by atoms with E-state index in [1.807, 2.05) is 54.6 Å². The molecule has 0 bridgehead atoms. The zero-order valence-corrected chi connectivity index (χ0v) is 16.1. The van der Waals surface area contributed by atoms with E-state index in [4.69, 9.17) is 25.1 Å². The molecule has 150 valence electrons. The van der Waals surface area contributed by atoms with Crippen molar-refractivity contribution in [2.45, 2.75) is 31.5 Å². The summed E-state index contributed by atoms with van der Waals surface area (Å²) in [6.07, 6.45) is 2.83. The fraction of sp³-hybridized carbons (Fsp3) is 0.318. The second-order valence-electron chi connectivity index (χ2n) is 6.60. The standard InChI is InChI=1S/C22H24N4O3/c1-2-6-20-21(19-8-4-3-7-17(19)15-24-26-23)29-22(25-20)16-9-11-18(12-10-16)28-14-5-13-27/h2-4,7-12,20-21,27H,1,5-6,13-15H2/t20-,21-/m0/s1. The molecule has 0 saturated heterocycles. The Bertz CT molecular complexity index is 905. The van der Waals surface area contributed by atoms with E-state index in [2.05, 4.69) is 16.6 Å². The van der Waals surface area contributed by atoms with Crippen molar-refractivity contribution in [3.63, 3.8) is 0 Å². The molecule has 0 amide bonds. The molecule has 7 nitrogen and oxygen atoms in total. The van der Waals surface area contributed by atoms with E-state index in [9.17, 15) is 0 Å². The van der Waals surface area contributed by atoms with Gasteiger partial charge in [0.25, 0.3) is 0 Å². The number of hydrogen-bond donors (Lipinski definition) is 1. The largest absolute Gasteiger partial charge is 0.494 e. The van der Waals surface area contributed by atoms with E-state index in [0.717, 1.165) is 22.4 Å². The molecular weight excluding hydrogens is 368 g/mol. The molecule has 1 aliphatic heterocycles. The van der Waals surface area contributed by atoms with Gasteiger partial charge in [-0.15, -0.1) is 6.58 Å². The fourth-order valence-electron chi connectivity index (χ4n) is 3.22. The number of rotatable bonds is 10. The van der Waals surface area contributed by atoms with Crippen LogP contribution in [0.4, 0.5) is 0 Å². The number of aliphatic hydroxyl groups excluding tert-OH is 1. The van der Waals surface area contributed by atoms with Crippen LogP contribution in [0.25, 0.3) is 10.4 Å². The molecule has 0 fully saturated rings. The van der Waals surface area contributed by atoms with Gasteiger partial charge in [-0.05, 0) is 47.3 Å². The highest BCUT2D eigenvalue weighted by molar-refractivity contribution is 5.95. The Morgan fingerprint density at radius 2 is 2.03 bits per heavy atom. The van der Waals surface area contributed by atoms with Crippen molar-refractivity contribution in [2.24, 2.45) is 10.1 Å². The molecule has 29 heavy (non-hydrogen) atoms. The van der Waals surface area contributed by atoms with Crippen molar-refractivity contribution in [3.05, 3.63) is 88.3 Å². The smallest absolute Gasteiger partial charge is 0.217 e. The predicted octanol–water partition coefficient (Wildman–Crippen LogP) is 4.72. The molecule has 1 heterocycles. The van der Waals surface area contributed by atoms with Gasteiger partial charge >= 0.3 is 0 Å². The molecule has 0 radical (unpaired) electrons. The van der Waals surface area contributed by atoms with Gasteiger partial charge in [0.2, 0.25) is 5.90 Å². The maximum atomic E-state index is 8.84. The monoisotopic (exact) mass is 392 g/mol. The Morgan fingerprint density at radius 1 is 1.24 bits per heavy atom. The van der Waals surface area contributed by atoms with Crippen molar-refractivity contribution in [3.8, 4) is 5.75 Å². The summed E-state index contributed by atoms with van der Waals surface area (Å²) in [7, 11) is 0. The number of benzene rings is 2. The molecule has 1 aliphatic rings. The Labute approximate surface area is 169 Å². The normalized spacial score (nSPS) is 17.8. The quantitative estimate of drug-likeness (QED) is 0.208. The van der Waals surface area contributed by atoms with Crippen LogP contribution < -0.4 is 4.74 Å². The van der Waals surface area contributed by atoms with E-state index in [1.165, 1.54) is 0 Å². The summed E-state index contributed by atoms with van der Waals surface area (Å²) < 4.78 is 11.8. The van der Waals surface area contributed by atoms with Gasteiger partial charge in [0, 0.05) is 23.5 Å². The van der Waals surface area contributed by atoms with Crippen LogP contribution in [0.3, 0.4) is 0 Å². The molecule has 2 atom stereocenters. The third kappa shape index (κ3) is 5.16. The Balaban J connectivity index is 1.80. The molecular formula is C22H24N4O3. The van der Waals surface area contributed by atoms with Gasteiger partial charge in [0.15, 0.2) is 0 Å². The molecule has 0 saturated carbocycles. The van der Waals surface area contributed by atoms with Crippen LogP contribution in [0.1, 0.15) is 35.6 Å². The first-order valence-electron chi connectivity index (χ1n) is 9.55. The van der Waals surface area contributed by atoms with Gasteiger partial charge in [0.05, 0.1) is 19.2 Å². The molecule has 3 rings (SSSR count). The molecule has 0 aromatic heterocycles. The first-order valence-corrected chi connectivity index (χ1v) is 9.55. The lowest BCUT2D eigenvalue weighted by molar-refractivity contribution is 0.195. The molecule has 0 aliphatic carbocycles. The zero-order valence-electron chi connectivity index (χ0n) is 16.1. The second-order valence-corrected chi connectivity index (χ2v) is 6.60. The summed E-state index contributed by atoms with van der Waals surface area (Å²) in [6, 6.07) is 15.2. The molecule has 0 spiro atoms. The van der Waals surface area contributed by atoms with Crippen molar-refractivity contribution in [1.29, 1.82) is 0 Å². The van der Waals surface area contributed by atoms with Gasteiger partial charge in [-0.2, -0.15) is 0 Å². The molecule has 1 N–H and O–H groups in total. The van der Waals surface area contributed by atoms with Gasteiger partial charge in [0.1, 0.15) is 11.9 Å². The number of hydrogen-bond acceptors (Lipinski definition) is 5. The van der Waals surface area contributed by atoms with Crippen LogP contribution in [0.15, 0.2) is 71.3 Å². The highest BCUT2D eigenvalue weighted by Crippen LogP contribution is 2.35. The van der Waals surface area contributed by atoms with Crippen LogP contribution in [0.2, 0.25) is 0 Å². The van der Waals surface area contributed by atoms with Crippen LogP contribution in [0.5, 0.6) is 5.75 Å². The van der Waals surface area contributed by atoms with E-state index in [-0.39, 0.29) is 25.3 Å².